The predicted molar refractivity (Wildman–Crippen MR) is 53.8 cm³/mol. The summed E-state index contributed by atoms with van der Waals surface area (Å²) in [6.07, 6.45) is 5.02. The van der Waals surface area contributed by atoms with E-state index >= 15 is 0 Å². The van der Waals surface area contributed by atoms with E-state index in [-0.39, 0.29) is 6.01 Å². The van der Waals surface area contributed by atoms with Crippen LogP contribution in [0.2, 0.25) is 0 Å². The maximum atomic E-state index is 5.34. The molecule has 0 spiro atoms. The van der Waals surface area contributed by atoms with Gasteiger partial charge in [0.2, 0.25) is 0 Å². The smallest absolute Gasteiger partial charge is 0.317 e. The molecule has 0 aromatic carbocycles. The molecule has 2 rings (SSSR count). The SMILES string of the molecule is CCC(Nc1nnc(N)o1)C1CCC1. The van der Waals surface area contributed by atoms with Crippen molar-refractivity contribution >= 4 is 12.0 Å². The second kappa shape index (κ2) is 3.86. The lowest BCUT2D eigenvalue weighted by atomic mass is 9.79. The summed E-state index contributed by atoms with van der Waals surface area (Å²) in [6.45, 7) is 2.16. The van der Waals surface area contributed by atoms with Crippen molar-refractivity contribution in [1.82, 2.24) is 10.2 Å². The number of nitrogens with one attached hydrogen (secondary N) is 1. The number of hydrogen-bond donors (Lipinski definition) is 2. The van der Waals surface area contributed by atoms with Crippen LogP contribution in [0.25, 0.3) is 0 Å². The highest BCUT2D eigenvalue weighted by Gasteiger charge is 2.26. The van der Waals surface area contributed by atoms with Crippen molar-refractivity contribution in [1.29, 1.82) is 0 Å². The summed E-state index contributed by atoms with van der Waals surface area (Å²) >= 11 is 0. The fraction of sp³-hybridized carbons (Fsp3) is 0.778. The molecule has 1 heterocycles. The van der Waals surface area contributed by atoms with Gasteiger partial charge in [-0.05, 0) is 25.2 Å². The van der Waals surface area contributed by atoms with Gasteiger partial charge in [-0.15, -0.1) is 0 Å². The Morgan fingerprint density at radius 2 is 2.36 bits per heavy atom. The molecule has 3 N–H and O–H groups in total. The largest absolute Gasteiger partial charge is 0.390 e. The first-order valence-electron chi connectivity index (χ1n) is 5.15. The number of aromatic nitrogens is 2. The van der Waals surface area contributed by atoms with Crippen LogP contribution in [0.1, 0.15) is 32.6 Å². The van der Waals surface area contributed by atoms with Crippen molar-refractivity contribution in [2.75, 3.05) is 11.1 Å². The number of hydrogen-bond acceptors (Lipinski definition) is 5. The van der Waals surface area contributed by atoms with Crippen molar-refractivity contribution in [2.45, 2.75) is 38.6 Å². The summed E-state index contributed by atoms with van der Waals surface area (Å²) in [5.41, 5.74) is 5.34. The first kappa shape index (κ1) is 9.30. The first-order valence-corrected chi connectivity index (χ1v) is 5.15. The Kier molecular flexibility index (Phi) is 2.56. The third-order valence-corrected chi connectivity index (χ3v) is 2.91. The molecule has 0 bridgehead atoms. The zero-order chi connectivity index (χ0) is 9.97. The van der Waals surface area contributed by atoms with Crippen LogP contribution in [0.15, 0.2) is 4.42 Å². The van der Waals surface area contributed by atoms with Gasteiger partial charge < -0.3 is 15.5 Å². The second-order valence-electron chi connectivity index (χ2n) is 3.80. The van der Waals surface area contributed by atoms with E-state index in [0.29, 0.717) is 12.1 Å². The molecule has 5 heteroatoms. The number of nitrogen functional groups attached to an aromatic ring is 1. The van der Waals surface area contributed by atoms with E-state index in [1.54, 1.807) is 0 Å². The van der Waals surface area contributed by atoms with Gasteiger partial charge in [-0.25, -0.2) is 0 Å². The molecule has 1 aliphatic rings. The lowest BCUT2D eigenvalue weighted by Crippen LogP contribution is -2.33. The third-order valence-electron chi connectivity index (χ3n) is 2.91. The Labute approximate surface area is 83.1 Å². The topological polar surface area (TPSA) is 77.0 Å². The zero-order valence-corrected chi connectivity index (χ0v) is 8.36. The van der Waals surface area contributed by atoms with Gasteiger partial charge in [-0.2, -0.15) is 0 Å². The fourth-order valence-corrected chi connectivity index (χ4v) is 1.85. The Hall–Kier alpha value is -1.26. The molecule has 1 aliphatic carbocycles. The van der Waals surface area contributed by atoms with Crippen molar-refractivity contribution in [3.05, 3.63) is 0 Å². The summed E-state index contributed by atoms with van der Waals surface area (Å²) < 4.78 is 5.08. The highest BCUT2D eigenvalue weighted by molar-refractivity contribution is 5.24. The molecule has 0 radical (unpaired) electrons. The maximum absolute atomic E-state index is 5.34. The maximum Gasteiger partial charge on any atom is 0.317 e. The average molecular weight is 196 g/mol. The third kappa shape index (κ3) is 1.81. The predicted octanol–water partition coefficient (Wildman–Crippen LogP) is 1.64. The van der Waals surface area contributed by atoms with Gasteiger partial charge >= 0.3 is 12.0 Å². The molecule has 14 heavy (non-hydrogen) atoms. The minimum Gasteiger partial charge on any atom is -0.390 e. The molecular weight excluding hydrogens is 180 g/mol. The molecule has 5 nitrogen and oxygen atoms in total. The minimum atomic E-state index is 0.121. The average Bonchev–Trinajstić information content (AvgIpc) is 2.47. The van der Waals surface area contributed by atoms with Crippen LogP contribution in [-0.4, -0.2) is 16.2 Å². The molecule has 0 saturated heterocycles. The second-order valence-corrected chi connectivity index (χ2v) is 3.80. The Balaban J connectivity index is 1.93. The lowest BCUT2D eigenvalue weighted by molar-refractivity contribution is 0.267. The highest BCUT2D eigenvalue weighted by atomic mass is 16.4. The Morgan fingerprint density at radius 3 is 2.79 bits per heavy atom. The van der Waals surface area contributed by atoms with Crippen molar-refractivity contribution in [3.63, 3.8) is 0 Å². The van der Waals surface area contributed by atoms with E-state index in [4.69, 9.17) is 10.2 Å². The van der Waals surface area contributed by atoms with E-state index in [1.807, 2.05) is 0 Å². The Morgan fingerprint density at radius 1 is 1.57 bits per heavy atom. The molecule has 1 fully saturated rings. The molecule has 0 amide bonds. The normalized spacial score (nSPS) is 18.9. The summed E-state index contributed by atoms with van der Waals surface area (Å²) in [4.78, 5) is 0. The van der Waals surface area contributed by atoms with E-state index in [0.717, 1.165) is 12.3 Å². The van der Waals surface area contributed by atoms with Gasteiger partial charge in [0, 0.05) is 6.04 Å². The summed E-state index contributed by atoms with van der Waals surface area (Å²) in [5, 5.41) is 10.6. The molecule has 1 aromatic rings. The molecule has 1 atom stereocenters. The molecule has 78 valence electrons. The fourth-order valence-electron chi connectivity index (χ4n) is 1.85. The zero-order valence-electron chi connectivity index (χ0n) is 8.36. The van der Waals surface area contributed by atoms with Crippen LogP contribution in [0.3, 0.4) is 0 Å². The number of anilines is 2. The molecule has 1 saturated carbocycles. The summed E-state index contributed by atoms with van der Waals surface area (Å²) in [5.74, 6) is 0.758. The van der Waals surface area contributed by atoms with E-state index in [1.165, 1.54) is 19.3 Å². The van der Waals surface area contributed by atoms with Crippen LogP contribution < -0.4 is 11.1 Å². The Bertz CT molecular complexity index is 295. The van der Waals surface area contributed by atoms with E-state index < -0.39 is 0 Å². The summed E-state index contributed by atoms with van der Waals surface area (Å²) in [6, 6.07) is 1.01. The van der Waals surface area contributed by atoms with Crippen molar-refractivity contribution in [3.8, 4) is 0 Å². The van der Waals surface area contributed by atoms with Gasteiger partial charge in [0.05, 0.1) is 0 Å². The first-order chi connectivity index (χ1) is 6.79. The molecular formula is C9H16N4O. The van der Waals surface area contributed by atoms with Crippen LogP contribution in [-0.2, 0) is 0 Å². The lowest BCUT2D eigenvalue weighted by Gasteiger charge is -2.33. The van der Waals surface area contributed by atoms with Crippen molar-refractivity contribution in [2.24, 2.45) is 5.92 Å². The monoisotopic (exact) mass is 196 g/mol. The standard InChI is InChI=1S/C9H16N4O/c1-2-7(6-4-3-5-6)11-9-13-12-8(10)14-9/h6-7H,2-5H2,1H3,(H2,10,12)(H,11,13). The van der Waals surface area contributed by atoms with Gasteiger partial charge in [0.25, 0.3) is 0 Å². The van der Waals surface area contributed by atoms with E-state index in [2.05, 4.69) is 22.4 Å². The van der Waals surface area contributed by atoms with Gasteiger partial charge in [0.1, 0.15) is 0 Å². The van der Waals surface area contributed by atoms with Crippen LogP contribution in [0.4, 0.5) is 12.0 Å². The van der Waals surface area contributed by atoms with Crippen molar-refractivity contribution < 1.29 is 4.42 Å². The van der Waals surface area contributed by atoms with Crippen LogP contribution >= 0.6 is 0 Å². The molecule has 1 unspecified atom stereocenters. The number of nitrogens with two attached hydrogens (primary N) is 1. The van der Waals surface area contributed by atoms with Gasteiger partial charge in [-0.3, -0.25) is 0 Å². The highest BCUT2D eigenvalue weighted by Crippen LogP contribution is 2.32. The van der Waals surface area contributed by atoms with Gasteiger partial charge in [-0.1, -0.05) is 23.5 Å². The quantitative estimate of drug-likeness (QED) is 0.765. The molecule has 1 aromatic heterocycles. The van der Waals surface area contributed by atoms with E-state index in [9.17, 15) is 0 Å². The minimum absolute atomic E-state index is 0.121. The van der Waals surface area contributed by atoms with Crippen LogP contribution in [0, 0.1) is 5.92 Å². The van der Waals surface area contributed by atoms with Gasteiger partial charge in [0.15, 0.2) is 0 Å². The number of rotatable bonds is 4. The number of nitrogens with zero attached hydrogens (tertiary/aromatic N) is 2. The summed E-state index contributed by atoms with van der Waals surface area (Å²) in [7, 11) is 0. The van der Waals surface area contributed by atoms with Crippen LogP contribution in [0.5, 0.6) is 0 Å². The molecule has 0 aliphatic heterocycles.